The van der Waals surface area contributed by atoms with Crippen LogP contribution in [0.5, 0.6) is 11.5 Å². The van der Waals surface area contributed by atoms with Gasteiger partial charge in [0.2, 0.25) is 0 Å². The van der Waals surface area contributed by atoms with E-state index >= 15 is 0 Å². The number of rotatable bonds is 16. The lowest BCUT2D eigenvalue weighted by atomic mass is 9.88. The maximum absolute atomic E-state index is 10.9. The molecule has 0 spiro atoms. The van der Waals surface area contributed by atoms with E-state index in [1.54, 1.807) is 30.5 Å². The molecule has 7 unspecified atom stereocenters. The number of phenols is 1. The van der Waals surface area contributed by atoms with Gasteiger partial charge in [0.1, 0.15) is 18.0 Å². The zero-order chi connectivity index (χ0) is 31.5. The third kappa shape index (κ3) is 9.95. The first kappa shape index (κ1) is 33.8. The van der Waals surface area contributed by atoms with Crippen molar-refractivity contribution in [3.8, 4) is 11.5 Å². The Kier molecular flexibility index (Phi) is 12.9. The van der Waals surface area contributed by atoms with Gasteiger partial charge in [-0.05, 0) is 110 Å². The van der Waals surface area contributed by atoms with Crippen LogP contribution in [0.3, 0.4) is 0 Å². The number of aliphatic hydroxyl groups excluding tert-OH is 4. The third-order valence-electron chi connectivity index (χ3n) is 9.38. The second-order valence-electron chi connectivity index (χ2n) is 12.6. The molecule has 44 heavy (non-hydrogen) atoms. The number of nitrogens with one attached hydrogen (secondary N) is 1. The molecule has 2 aromatic heterocycles. The molecule has 7 atom stereocenters. The third-order valence-corrected chi connectivity index (χ3v) is 9.38. The van der Waals surface area contributed by atoms with E-state index in [4.69, 9.17) is 10.5 Å². The SMILES string of the molecule is CCC1CCCC(C(O)CC(O)CCc2ccc(O)c(OC(CC(Cc3ccc[nH]3)c3ccnc(N)c3)C(O)CO)c2)CC1. The minimum atomic E-state index is -1.19. The zero-order valence-electron chi connectivity index (χ0n) is 25.9. The first-order valence-electron chi connectivity index (χ1n) is 16.2. The number of aromatic hydroxyl groups is 1. The molecular formula is C35H51N3O6. The number of anilines is 1. The monoisotopic (exact) mass is 609 g/mol. The number of aromatic amines is 1. The number of aliphatic hydroxyl groups is 4. The molecule has 0 aliphatic heterocycles. The zero-order valence-corrected chi connectivity index (χ0v) is 25.9. The van der Waals surface area contributed by atoms with Crippen molar-refractivity contribution in [1.82, 2.24) is 9.97 Å². The van der Waals surface area contributed by atoms with Gasteiger partial charge in [-0.2, -0.15) is 0 Å². The van der Waals surface area contributed by atoms with Crippen molar-refractivity contribution in [3.63, 3.8) is 0 Å². The van der Waals surface area contributed by atoms with Crippen molar-refractivity contribution >= 4 is 5.82 Å². The van der Waals surface area contributed by atoms with Gasteiger partial charge in [-0.1, -0.05) is 38.7 Å². The van der Waals surface area contributed by atoms with Crippen molar-refractivity contribution in [1.29, 1.82) is 0 Å². The summed E-state index contributed by atoms with van der Waals surface area (Å²) in [7, 11) is 0. The number of hydrogen-bond acceptors (Lipinski definition) is 8. The van der Waals surface area contributed by atoms with Gasteiger partial charge in [0.25, 0.3) is 0 Å². The average Bonchev–Trinajstić information content (AvgIpc) is 3.41. The van der Waals surface area contributed by atoms with E-state index < -0.39 is 31.0 Å². The van der Waals surface area contributed by atoms with Crippen LogP contribution in [-0.2, 0) is 12.8 Å². The Morgan fingerprint density at radius 1 is 1.05 bits per heavy atom. The number of H-pyrrole nitrogens is 1. The molecule has 1 aliphatic rings. The van der Waals surface area contributed by atoms with Crippen LogP contribution < -0.4 is 10.5 Å². The predicted octanol–water partition coefficient (Wildman–Crippen LogP) is 4.87. The molecule has 242 valence electrons. The Morgan fingerprint density at radius 2 is 1.89 bits per heavy atom. The number of nitrogens with two attached hydrogens (primary N) is 1. The Bertz CT molecular complexity index is 1260. The predicted molar refractivity (Wildman–Crippen MR) is 171 cm³/mol. The van der Waals surface area contributed by atoms with E-state index in [0.29, 0.717) is 37.9 Å². The molecule has 3 aromatic rings. The van der Waals surface area contributed by atoms with Crippen LogP contribution in [-0.4, -0.2) is 66.5 Å². The highest BCUT2D eigenvalue weighted by atomic mass is 16.5. The highest BCUT2D eigenvalue weighted by Gasteiger charge is 2.28. The summed E-state index contributed by atoms with van der Waals surface area (Å²) in [6, 6.07) is 12.6. The average molecular weight is 610 g/mol. The minimum Gasteiger partial charge on any atom is -0.504 e. The molecule has 9 heteroatoms. The van der Waals surface area contributed by atoms with Crippen LogP contribution in [0.2, 0.25) is 0 Å². The highest BCUT2D eigenvalue weighted by Crippen LogP contribution is 2.34. The molecule has 1 aromatic carbocycles. The van der Waals surface area contributed by atoms with Gasteiger partial charge in [0.05, 0.1) is 18.8 Å². The van der Waals surface area contributed by atoms with Crippen molar-refractivity contribution in [2.45, 2.75) is 108 Å². The normalized spacial score (nSPS) is 20.8. The highest BCUT2D eigenvalue weighted by molar-refractivity contribution is 5.42. The fourth-order valence-electron chi connectivity index (χ4n) is 6.59. The second-order valence-corrected chi connectivity index (χ2v) is 12.6. The molecular weight excluding hydrogens is 558 g/mol. The minimum absolute atomic E-state index is 0.0762. The van der Waals surface area contributed by atoms with Crippen molar-refractivity contribution in [3.05, 3.63) is 71.7 Å². The smallest absolute Gasteiger partial charge is 0.161 e. The Balaban J connectivity index is 1.40. The summed E-state index contributed by atoms with van der Waals surface area (Å²) in [6.07, 6.45) is 9.40. The molecule has 0 bridgehead atoms. The number of aromatic nitrogens is 2. The number of ether oxygens (including phenoxy) is 1. The topological polar surface area (TPSA) is 165 Å². The van der Waals surface area contributed by atoms with Crippen molar-refractivity contribution in [2.24, 2.45) is 11.8 Å². The molecule has 2 heterocycles. The molecule has 4 rings (SSSR count). The molecule has 0 amide bonds. The van der Waals surface area contributed by atoms with Crippen LogP contribution in [0.15, 0.2) is 54.9 Å². The maximum Gasteiger partial charge on any atom is 0.161 e. The van der Waals surface area contributed by atoms with Gasteiger partial charge in [-0.25, -0.2) is 4.98 Å². The van der Waals surface area contributed by atoms with Crippen molar-refractivity contribution < 1.29 is 30.3 Å². The number of benzene rings is 1. The molecule has 0 radical (unpaired) electrons. The maximum atomic E-state index is 10.9. The van der Waals surface area contributed by atoms with Crippen molar-refractivity contribution in [2.75, 3.05) is 12.3 Å². The number of aryl methyl sites for hydroxylation is 1. The first-order valence-corrected chi connectivity index (χ1v) is 16.2. The molecule has 9 nitrogen and oxygen atoms in total. The summed E-state index contributed by atoms with van der Waals surface area (Å²) in [5.41, 5.74) is 8.75. The number of nitrogens with zero attached hydrogens (tertiary/aromatic N) is 1. The Hall–Kier alpha value is -3.11. The lowest BCUT2D eigenvalue weighted by Gasteiger charge is -2.28. The molecule has 1 aliphatic carbocycles. The Morgan fingerprint density at radius 3 is 2.61 bits per heavy atom. The van der Waals surface area contributed by atoms with Crippen LogP contribution in [0, 0.1) is 11.8 Å². The van der Waals surface area contributed by atoms with E-state index in [1.165, 1.54) is 12.8 Å². The summed E-state index contributed by atoms with van der Waals surface area (Å²) in [5, 5.41) is 52.9. The molecule has 1 saturated carbocycles. The standard InChI is InChI=1S/C35H51N3O6/c1-2-23-5-3-6-25(11-8-23)31(42)21-29(40)12-9-24-10-13-30(41)33(17-24)44-34(32(43)22-39)19-27(18-28-7-4-15-37-28)26-14-16-38-35(36)20-26/h4,7,10,13-17,20,23,25,27,29,31-32,34,37,39-43H,2-3,5-6,8-9,11-12,18-19,21-22H2,1H3,(H2,36,38). The fraction of sp³-hybridized carbons (Fsp3) is 0.571. The van der Waals surface area contributed by atoms with Crippen LogP contribution in [0.4, 0.5) is 5.82 Å². The number of phenolic OH excluding ortho intramolecular Hbond substituents is 1. The number of nitrogen functional groups attached to an aromatic ring is 1. The second kappa shape index (κ2) is 16.8. The lowest BCUT2D eigenvalue weighted by Crippen LogP contribution is -2.36. The Labute approximate surface area is 261 Å². The summed E-state index contributed by atoms with van der Waals surface area (Å²) in [6.45, 7) is 1.73. The molecule has 8 N–H and O–H groups in total. The quantitative estimate of drug-likeness (QED) is 0.113. The fourth-order valence-corrected chi connectivity index (χ4v) is 6.59. The van der Waals surface area contributed by atoms with Crippen LogP contribution >= 0.6 is 0 Å². The van der Waals surface area contributed by atoms with E-state index in [2.05, 4.69) is 16.9 Å². The number of pyridine rings is 1. The summed E-state index contributed by atoms with van der Waals surface area (Å²) < 4.78 is 6.20. The molecule has 0 saturated heterocycles. The van der Waals surface area contributed by atoms with Gasteiger partial charge in [-0.15, -0.1) is 0 Å². The van der Waals surface area contributed by atoms with Gasteiger partial charge in [-0.3, -0.25) is 0 Å². The van der Waals surface area contributed by atoms with Gasteiger partial charge >= 0.3 is 0 Å². The van der Waals surface area contributed by atoms with Crippen LogP contribution in [0.1, 0.15) is 87.4 Å². The number of hydrogen-bond donors (Lipinski definition) is 7. The van der Waals surface area contributed by atoms with Gasteiger partial charge in [0.15, 0.2) is 11.5 Å². The van der Waals surface area contributed by atoms with E-state index in [9.17, 15) is 25.5 Å². The largest absolute Gasteiger partial charge is 0.504 e. The van der Waals surface area contributed by atoms with E-state index in [1.807, 2.05) is 24.4 Å². The van der Waals surface area contributed by atoms with E-state index in [0.717, 1.165) is 48.4 Å². The molecule has 1 fully saturated rings. The summed E-state index contributed by atoms with van der Waals surface area (Å²) >= 11 is 0. The van der Waals surface area contributed by atoms with Crippen LogP contribution in [0.25, 0.3) is 0 Å². The first-order chi connectivity index (χ1) is 21.2. The van der Waals surface area contributed by atoms with Gasteiger partial charge < -0.3 is 41.0 Å². The lowest BCUT2D eigenvalue weighted by molar-refractivity contribution is -0.00840. The summed E-state index contributed by atoms with van der Waals surface area (Å²) in [5.74, 6) is 1.38. The van der Waals surface area contributed by atoms with Gasteiger partial charge in [0, 0.05) is 18.1 Å². The van der Waals surface area contributed by atoms with E-state index in [-0.39, 0.29) is 23.3 Å². The summed E-state index contributed by atoms with van der Waals surface area (Å²) in [4.78, 5) is 7.32.